The minimum absolute atomic E-state index is 0.574. The lowest BCUT2D eigenvalue weighted by Crippen LogP contribution is -2.26. The van der Waals surface area contributed by atoms with Crippen LogP contribution < -0.4 is 10.6 Å². The Bertz CT molecular complexity index is 475. The van der Waals surface area contributed by atoms with E-state index in [1.807, 2.05) is 29.0 Å². The predicted molar refractivity (Wildman–Crippen MR) is 74.7 cm³/mol. The average Bonchev–Trinajstić information content (AvgIpc) is 2.77. The molecule has 0 saturated heterocycles. The Kier molecular flexibility index (Phi) is 4.73. The molecule has 0 unspecified atom stereocenters. The van der Waals surface area contributed by atoms with Gasteiger partial charge < -0.3 is 10.6 Å². The molecule has 0 amide bonds. The molecule has 2 rings (SSSR count). The Balaban J connectivity index is 1.74. The van der Waals surface area contributed by atoms with Crippen molar-refractivity contribution in [3.63, 3.8) is 0 Å². The number of nitrogens with zero attached hydrogens (tertiary/aromatic N) is 2. The topological polar surface area (TPSA) is 41.4 Å². The fraction of sp³-hybridized carbons (Fsp3) is 0.500. The van der Waals surface area contributed by atoms with Crippen LogP contribution in [0, 0.1) is 0 Å². The Morgan fingerprint density at radius 2 is 2.17 bits per heavy atom. The first-order chi connectivity index (χ1) is 8.77. The summed E-state index contributed by atoms with van der Waals surface area (Å²) in [6.07, 6.45) is 5.07. The van der Waals surface area contributed by atoms with Crippen LogP contribution in [0.2, 0.25) is 0 Å². The Morgan fingerprint density at radius 1 is 1.28 bits per heavy atom. The minimum Gasteiger partial charge on any atom is -0.314 e. The van der Waals surface area contributed by atoms with Crippen LogP contribution >= 0.6 is 0 Å². The molecule has 2 heterocycles. The molecule has 0 saturated carbocycles. The number of hydrogen-bond acceptors (Lipinski definition) is 3. The molecule has 18 heavy (non-hydrogen) atoms. The molecule has 0 aliphatic rings. The van der Waals surface area contributed by atoms with Crippen LogP contribution in [0.3, 0.4) is 0 Å². The molecular weight excluding hydrogens is 224 g/mol. The predicted octanol–water partition coefficient (Wildman–Crippen LogP) is 1.81. The molecule has 2 aromatic heterocycles. The minimum atomic E-state index is 0.574. The van der Waals surface area contributed by atoms with Gasteiger partial charge in [0.25, 0.3) is 0 Å². The summed E-state index contributed by atoms with van der Waals surface area (Å²) in [5.41, 5.74) is 2.44. The highest BCUT2D eigenvalue weighted by Gasteiger charge is 2.01. The first-order valence-electron chi connectivity index (χ1n) is 6.62. The van der Waals surface area contributed by atoms with E-state index in [-0.39, 0.29) is 0 Å². The summed E-state index contributed by atoms with van der Waals surface area (Å²) in [6, 6.07) is 6.72. The highest BCUT2D eigenvalue weighted by molar-refractivity contribution is 5.53. The van der Waals surface area contributed by atoms with Crippen molar-refractivity contribution in [1.82, 2.24) is 20.2 Å². The van der Waals surface area contributed by atoms with Gasteiger partial charge in [-0.3, -0.25) is 0 Å². The fourth-order valence-electron chi connectivity index (χ4n) is 1.95. The zero-order valence-electron chi connectivity index (χ0n) is 11.2. The van der Waals surface area contributed by atoms with E-state index in [1.54, 1.807) is 0 Å². The van der Waals surface area contributed by atoms with Crippen molar-refractivity contribution < 1.29 is 0 Å². The number of fused-ring (bicyclic) bond motifs is 1. The van der Waals surface area contributed by atoms with Crippen LogP contribution in [0.15, 0.2) is 30.6 Å². The third-order valence-electron chi connectivity index (χ3n) is 2.90. The number of pyridine rings is 1. The maximum atomic E-state index is 4.32. The summed E-state index contributed by atoms with van der Waals surface area (Å²) in [6.45, 7) is 7.33. The standard InChI is InChI=1S/C14H22N4/c1-12(2)16-8-5-7-15-10-13-11-17-18-9-4-3-6-14(13)18/h3-4,6,9,11-12,15-16H,5,7-8,10H2,1-2H3. The molecule has 2 N–H and O–H groups in total. The van der Waals surface area contributed by atoms with E-state index in [9.17, 15) is 0 Å². The molecule has 0 spiro atoms. The first-order valence-corrected chi connectivity index (χ1v) is 6.62. The van der Waals surface area contributed by atoms with Gasteiger partial charge in [0.2, 0.25) is 0 Å². The molecule has 0 aromatic carbocycles. The number of nitrogens with one attached hydrogen (secondary N) is 2. The highest BCUT2D eigenvalue weighted by atomic mass is 15.2. The summed E-state index contributed by atoms with van der Waals surface area (Å²) in [4.78, 5) is 0. The molecule has 0 fully saturated rings. The van der Waals surface area contributed by atoms with Crippen molar-refractivity contribution >= 4 is 5.52 Å². The van der Waals surface area contributed by atoms with Gasteiger partial charge in [0, 0.05) is 24.3 Å². The molecular formula is C14H22N4. The second-order valence-corrected chi connectivity index (χ2v) is 4.84. The lowest BCUT2D eigenvalue weighted by atomic mass is 10.2. The smallest absolute Gasteiger partial charge is 0.0706 e. The molecule has 4 heteroatoms. The average molecular weight is 246 g/mol. The van der Waals surface area contributed by atoms with Crippen LogP contribution in [0.25, 0.3) is 5.52 Å². The van der Waals surface area contributed by atoms with Crippen LogP contribution in [0.4, 0.5) is 0 Å². The Morgan fingerprint density at radius 3 is 3.00 bits per heavy atom. The maximum Gasteiger partial charge on any atom is 0.0706 e. The van der Waals surface area contributed by atoms with Gasteiger partial charge in [0.1, 0.15) is 0 Å². The molecule has 98 valence electrons. The van der Waals surface area contributed by atoms with E-state index >= 15 is 0 Å². The van der Waals surface area contributed by atoms with E-state index in [0.29, 0.717) is 6.04 Å². The summed E-state index contributed by atoms with van der Waals surface area (Å²) in [5, 5.41) is 11.2. The van der Waals surface area contributed by atoms with Crippen LogP contribution in [0.5, 0.6) is 0 Å². The number of hydrogen-bond donors (Lipinski definition) is 2. The highest BCUT2D eigenvalue weighted by Crippen LogP contribution is 2.08. The van der Waals surface area contributed by atoms with Gasteiger partial charge in [0.05, 0.1) is 11.7 Å². The molecule has 0 radical (unpaired) electrons. The summed E-state index contributed by atoms with van der Waals surface area (Å²) in [7, 11) is 0. The first kappa shape index (κ1) is 13.1. The second kappa shape index (κ2) is 6.52. The van der Waals surface area contributed by atoms with Crippen molar-refractivity contribution in [2.24, 2.45) is 0 Å². The van der Waals surface area contributed by atoms with E-state index < -0.39 is 0 Å². The van der Waals surface area contributed by atoms with Crippen LogP contribution in [-0.4, -0.2) is 28.7 Å². The lowest BCUT2D eigenvalue weighted by Gasteiger charge is -2.08. The molecule has 0 aliphatic carbocycles. The molecule has 0 atom stereocenters. The largest absolute Gasteiger partial charge is 0.314 e. The fourth-order valence-corrected chi connectivity index (χ4v) is 1.95. The van der Waals surface area contributed by atoms with Gasteiger partial charge in [-0.2, -0.15) is 5.10 Å². The summed E-state index contributed by atoms with van der Waals surface area (Å²) >= 11 is 0. The van der Waals surface area contributed by atoms with Gasteiger partial charge >= 0.3 is 0 Å². The van der Waals surface area contributed by atoms with Crippen molar-refractivity contribution in [3.8, 4) is 0 Å². The van der Waals surface area contributed by atoms with E-state index in [1.165, 1.54) is 11.1 Å². The molecule has 2 aromatic rings. The Hall–Kier alpha value is -1.39. The Labute approximate surface area is 108 Å². The van der Waals surface area contributed by atoms with Crippen molar-refractivity contribution in [1.29, 1.82) is 0 Å². The SMILES string of the molecule is CC(C)NCCCNCc1cnn2ccccc12. The third-order valence-corrected chi connectivity index (χ3v) is 2.90. The quantitative estimate of drug-likeness (QED) is 0.732. The van der Waals surface area contributed by atoms with E-state index in [2.05, 4.69) is 35.6 Å². The van der Waals surface area contributed by atoms with Crippen molar-refractivity contribution in [3.05, 3.63) is 36.2 Å². The monoisotopic (exact) mass is 246 g/mol. The van der Waals surface area contributed by atoms with E-state index in [0.717, 1.165) is 26.1 Å². The molecule has 4 nitrogen and oxygen atoms in total. The van der Waals surface area contributed by atoms with Crippen LogP contribution in [0.1, 0.15) is 25.8 Å². The summed E-state index contributed by atoms with van der Waals surface area (Å²) < 4.78 is 1.91. The number of aromatic nitrogens is 2. The van der Waals surface area contributed by atoms with Gasteiger partial charge in [0.15, 0.2) is 0 Å². The maximum absolute atomic E-state index is 4.32. The third kappa shape index (κ3) is 3.55. The van der Waals surface area contributed by atoms with Gasteiger partial charge in [-0.05, 0) is 31.6 Å². The second-order valence-electron chi connectivity index (χ2n) is 4.84. The lowest BCUT2D eigenvalue weighted by molar-refractivity contribution is 0.548. The summed E-state index contributed by atoms with van der Waals surface area (Å²) in [5.74, 6) is 0. The van der Waals surface area contributed by atoms with Crippen LogP contribution in [-0.2, 0) is 6.54 Å². The number of rotatable bonds is 7. The zero-order valence-corrected chi connectivity index (χ0v) is 11.2. The van der Waals surface area contributed by atoms with Gasteiger partial charge in [-0.25, -0.2) is 4.52 Å². The zero-order chi connectivity index (χ0) is 12.8. The van der Waals surface area contributed by atoms with E-state index in [4.69, 9.17) is 0 Å². The molecule has 0 bridgehead atoms. The van der Waals surface area contributed by atoms with Crippen molar-refractivity contribution in [2.45, 2.75) is 32.9 Å². The normalized spacial score (nSPS) is 11.5. The van der Waals surface area contributed by atoms with Gasteiger partial charge in [-0.15, -0.1) is 0 Å². The van der Waals surface area contributed by atoms with Gasteiger partial charge in [-0.1, -0.05) is 19.9 Å². The molecule has 0 aliphatic heterocycles. The van der Waals surface area contributed by atoms with Crippen molar-refractivity contribution in [2.75, 3.05) is 13.1 Å².